The smallest absolute Gasteiger partial charge is 0.266 e. The van der Waals surface area contributed by atoms with Crippen LogP contribution < -0.4 is 15.4 Å². The summed E-state index contributed by atoms with van der Waals surface area (Å²) >= 11 is 1.49. The number of benzene rings is 1. The molecule has 2 aromatic rings. The molecule has 2 N–H and O–H groups in total. The van der Waals surface area contributed by atoms with Crippen molar-refractivity contribution in [2.45, 2.75) is 51.2 Å². The van der Waals surface area contributed by atoms with E-state index in [0.717, 1.165) is 21.9 Å². The van der Waals surface area contributed by atoms with Gasteiger partial charge < -0.3 is 10.1 Å². The first-order valence-corrected chi connectivity index (χ1v) is 10.1. The van der Waals surface area contributed by atoms with Crippen LogP contribution >= 0.6 is 11.3 Å². The van der Waals surface area contributed by atoms with Gasteiger partial charge in [0.1, 0.15) is 10.6 Å². The number of hydrogen-bond acceptors (Lipinski definition) is 4. The van der Waals surface area contributed by atoms with Crippen LogP contribution in [0.1, 0.15) is 48.7 Å². The second kappa shape index (κ2) is 6.96. The molecule has 0 saturated heterocycles. The van der Waals surface area contributed by atoms with Crippen LogP contribution in [-0.4, -0.2) is 25.2 Å². The van der Waals surface area contributed by atoms with Crippen LogP contribution in [0.3, 0.4) is 0 Å². The third kappa shape index (κ3) is 3.27. The van der Waals surface area contributed by atoms with Crippen LogP contribution in [0.2, 0.25) is 0 Å². The number of hydrogen-bond donors (Lipinski definition) is 2. The SMILES string of the molecule is COc1c(C(=O)NC(C)NC2CC3CCC2CC3)sc2ccccc12. The summed E-state index contributed by atoms with van der Waals surface area (Å²) in [5.74, 6) is 2.29. The van der Waals surface area contributed by atoms with Gasteiger partial charge in [-0.1, -0.05) is 25.0 Å². The largest absolute Gasteiger partial charge is 0.494 e. The Morgan fingerprint density at radius 2 is 2.00 bits per heavy atom. The summed E-state index contributed by atoms with van der Waals surface area (Å²) < 4.78 is 6.60. The molecule has 5 rings (SSSR count). The van der Waals surface area contributed by atoms with Gasteiger partial charge in [-0.2, -0.15) is 0 Å². The summed E-state index contributed by atoms with van der Waals surface area (Å²) in [6.45, 7) is 2.04. The Morgan fingerprint density at radius 1 is 1.24 bits per heavy atom. The molecule has 1 aromatic carbocycles. The molecular formula is C20H26N2O2S. The lowest BCUT2D eigenvalue weighted by molar-refractivity contribution is 0.0886. The molecule has 5 heteroatoms. The van der Waals surface area contributed by atoms with Gasteiger partial charge in [-0.25, -0.2) is 0 Å². The van der Waals surface area contributed by atoms with Gasteiger partial charge in [0.05, 0.1) is 13.3 Å². The van der Waals surface area contributed by atoms with Crippen LogP contribution in [0.25, 0.3) is 10.1 Å². The molecule has 3 aliphatic rings. The van der Waals surface area contributed by atoms with Crippen molar-refractivity contribution in [2.75, 3.05) is 7.11 Å². The fourth-order valence-corrected chi connectivity index (χ4v) is 5.66. The zero-order valence-electron chi connectivity index (χ0n) is 14.9. The first-order valence-electron chi connectivity index (χ1n) is 9.28. The maximum Gasteiger partial charge on any atom is 0.266 e. The lowest BCUT2D eigenvalue weighted by Gasteiger charge is -2.43. The number of ether oxygens (including phenoxy) is 1. The van der Waals surface area contributed by atoms with Crippen LogP contribution in [0.5, 0.6) is 5.75 Å². The summed E-state index contributed by atoms with van der Waals surface area (Å²) in [6, 6.07) is 8.54. The minimum Gasteiger partial charge on any atom is -0.494 e. The first-order chi connectivity index (χ1) is 12.2. The van der Waals surface area contributed by atoms with Gasteiger partial charge in [0.15, 0.2) is 0 Å². The summed E-state index contributed by atoms with van der Waals surface area (Å²) in [4.78, 5) is 13.4. The number of thiophene rings is 1. The third-order valence-electron chi connectivity index (χ3n) is 5.82. The molecule has 25 heavy (non-hydrogen) atoms. The Bertz CT molecular complexity index is 764. The summed E-state index contributed by atoms with van der Waals surface area (Å²) in [7, 11) is 1.63. The molecule has 134 valence electrons. The van der Waals surface area contributed by atoms with Crippen molar-refractivity contribution >= 4 is 27.3 Å². The first kappa shape index (κ1) is 16.9. The van der Waals surface area contributed by atoms with Crippen molar-refractivity contribution in [3.8, 4) is 5.75 Å². The molecule has 1 aromatic heterocycles. The van der Waals surface area contributed by atoms with Crippen LogP contribution in [0, 0.1) is 11.8 Å². The standard InChI is InChI=1S/C20H26N2O2S/c1-12(21-16-11-13-7-9-14(16)10-8-13)22-20(23)19-18(24-2)15-5-3-4-6-17(15)25-19/h3-6,12-14,16,21H,7-11H2,1-2H3,(H,22,23). The monoisotopic (exact) mass is 358 g/mol. The third-order valence-corrected chi connectivity index (χ3v) is 6.97. The number of methoxy groups -OCH3 is 1. The van der Waals surface area contributed by atoms with Crippen molar-refractivity contribution in [1.29, 1.82) is 0 Å². The van der Waals surface area contributed by atoms with E-state index in [1.807, 2.05) is 31.2 Å². The molecule has 2 bridgehead atoms. The fourth-order valence-electron chi connectivity index (χ4n) is 4.58. The molecule has 1 amide bonds. The number of nitrogens with one attached hydrogen (secondary N) is 2. The van der Waals surface area contributed by atoms with Crippen molar-refractivity contribution < 1.29 is 9.53 Å². The van der Waals surface area contributed by atoms with E-state index < -0.39 is 0 Å². The van der Waals surface area contributed by atoms with Crippen molar-refractivity contribution in [3.05, 3.63) is 29.1 Å². The molecule has 1 heterocycles. The Morgan fingerprint density at radius 3 is 2.68 bits per heavy atom. The minimum absolute atomic E-state index is 0.0354. The summed E-state index contributed by atoms with van der Waals surface area (Å²) in [5.41, 5.74) is 0. The van der Waals surface area contributed by atoms with Gasteiger partial charge in [0, 0.05) is 16.1 Å². The average molecular weight is 359 g/mol. The normalized spacial score (nSPS) is 26.6. The van der Waals surface area contributed by atoms with E-state index in [1.54, 1.807) is 7.11 Å². The van der Waals surface area contributed by atoms with Crippen LogP contribution in [0.4, 0.5) is 0 Å². The van der Waals surface area contributed by atoms with E-state index in [0.29, 0.717) is 16.7 Å². The van der Waals surface area contributed by atoms with Crippen LogP contribution in [-0.2, 0) is 0 Å². The second-order valence-electron chi connectivity index (χ2n) is 7.45. The zero-order valence-corrected chi connectivity index (χ0v) is 15.7. The van der Waals surface area contributed by atoms with Gasteiger partial charge in [-0.05, 0) is 50.2 Å². The van der Waals surface area contributed by atoms with Gasteiger partial charge in [-0.3, -0.25) is 10.1 Å². The molecule has 2 unspecified atom stereocenters. The van der Waals surface area contributed by atoms with E-state index in [9.17, 15) is 4.79 Å². The predicted octanol–water partition coefficient (Wildman–Crippen LogP) is 4.15. The van der Waals surface area contributed by atoms with Crippen LogP contribution in [0.15, 0.2) is 24.3 Å². The van der Waals surface area contributed by atoms with Gasteiger partial charge >= 0.3 is 0 Å². The highest BCUT2D eigenvalue weighted by Gasteiger charge is 2.36. The number of fused-ring (bicyclic) bond motifs is 4. The van der Waals surface area contributed by atoms with E-state index in [4.69, 9.17) is 4.74 Å². The topological polar surface area (TPSA) is 50.4 Å². The molecule has 2 atom stereocenters. The fraction of sp³-hybridized carbons (Fsp3) is 0.550. The van der Waals surface area contributed by atoms with E-state index in [-0.39, 0.29) is 12.1 Å². The maximum absolute atomic E-state index is 12.8. The van der Waals surface area contributed by atoms with E-state index >= 15 is 0 Å². The van der Waals surface area contributed by atoms with E-state index in [1.165, 1.54) is 43.4 Å². The summed E-state index contributed by atoms with van der Waals surface area (Å²) in [5, 5.41) is 7.78. The average Bonchev–Trinajstić information content (AvgIpc) is 3.01. The Labute approximate surface area is 152 Å². The number of rotatable bonds is 5. The molecule has 3 aliphatic carbocycles. The van der Waals surface area contributed by atoms with Gasteiger partial charge in [0.25, 0.3) is 5.91 Å². The Hall–Kier alpha value is -1.59. The molecule has 0 aliphatic heterocycles. The molecule has 3 fully saturated rings. The highest BCUT2D eigenvalue weighted by Crippen LogP contribution is 2.41. The van der Waals surface area contributed by atoms with Crippen molar-refractivity contribution in [3.63, 3.8) is 0 Å². The molecule has 4 nitrogen and oxygen atoms in total. The number of carbonyl (C=O) groups excluding carboxylic acids is 1. The zero-order chi connectivity index (χ0) is 17.4. The summed E-state index contributed by atoms with van der Waals surface area (Å²) in [6.07, 6.45) is 6.69. The van der Waals surface area contributed by atoms with Gasteiger partial charge in [0.2, 0.25) is 0 Å². The van der Waals surface area contributed by atoms with Gasteiger partial charge in [-0.15, -0.1) is 11.3 Å². The van der Waals surface area contributed by atoms with Crippen molar-refractivity contribution in [2.24, 2.45) is 11.8 Å². The quantitative estimate of drug-likeness (QED) is 0.789. The molecule has 3 saturated carbocycles. The highest BCUT2D eigenvalue weighted by atomic mass is 32.1. The minimum atomic E-state index is -0.0565. The lowest BCUT2D eigenvalue weighted by atomic mass is 9.68. The molecular weight excluding hydrogens is 332 g/mol. The molecule has 0 spiro atoms. The number of carbonyl (C=O) groups is 1. The van der Waals surface area contributed by atoms with Crippen molar-refractivity contribution in [1.82, 2.24) is 10.6 Å². The maximum atomic E-state index is 12.8. The second-order valence-corrected chi connectivity index (χ2v) is 8.50. The predicted molar refractivity (Wildman–Crippen MR) is 102 cm³/mol. The number of amides is 1. The highest BCUT2D eigenvalue weighted by molar-refractivity contribution is 7.21. The molecule has 0 radical (unpaired) electrons. The lowest BCUT2D eigenvalue weighted by Crippen LogP contribution is -2.53. The van der Waals surface area contributed by atoms with E-state index in [2.05, 4.69) is 10.6 Å². The Balaban J connectivity index is 1.45. The Kier molecular flexibility index (Phi) is 4.69.